The van der Waals surface area contributed by atoms with E-state index in [2.05, 4.69) is 46.5 Å². The van der Waals surface area contributed by atoms with Gasteiger partial charge in [0, 0.05) is 34.9 Å². The summed E-state index contributed by atoms with van der Waals surface area (Å²) in [5, 5.41) is 4.93. The first-order valence-electron chi connectivity index (χ1n) is 13.0. The molecule has 4 rings (SSSR count). The van der Waals surface area contributed by atoms with E-state index in [1.165, 1.54) is 7.11 Å². The number of pyridine rings is 1. The number of aryl methyl sites for hydroxylation is 1. The van der Waals surface area contributed by atoms with Crippen LogP contribution in [0.5, 0.6) is 0 Å². The molecule has 1 aromatic carbocycles. The van der Waals surface area contributed by atoms with E-state index >= 15 is 0 Å². The number of piperidine rings is 1. The van der Waals surface area contributed by atoms with E-state index in [0.29, 0.717) is 6.61 Å². The lowest BCUT2D eigenvalue weighted by Crippen LogP contribution is -2.45. The van der Waals surface area contributed by atoms with Crippen molar-refractivity contribution in [3.05, 3.63) is 64.8 Å². The summed E-state index contributed by atoms with van der Waals surface area (Å²) in [6, 6.07) is 10.2. The molecule has 3 aromatic rings. The Hall–Kier alpha value is -2.68. The normalized spacial score (nSPS) is 16.4. The number of esters is 1. The number of nitrogens with zero attached hydrogens (tertiary/aromatic N) is 3. The van der Waals surface area contributed by atoms with Crippen LogP contribution in [0.4, 0.5) is 5.69 Å². The minimum absolute atomic E-state index is 0.226. The summed E-state index contributed by atoms with van der Waals surface area (Å²) < 4.78 is 20.6. The van der Waals surface area contributed by atoms with Gasteiger partial charge in [-0.25, -0.2) is 9.31 Å². The van der Waals surface area contributed by atoms with Gasteiger partial charge in [-0.3, -0.25) is 0 Å². The predicted molar refractivity (Wildman–Crippen MR) is 155 cm³/mol. The van der Waals surface area contributed by atoms with Gasteiger partial charge in [0.1, 0.15) is 0 Å². The monoisotopic (exact) mass is 583 g/mol. The van der Waals surface area contributed by atoms with Crippen LogP contribution in [0.2, 0.25) is 0 Å². The molecule has 3 heterocycles. The maximum absolute atomic E-state index is 13.2. The van der Waals surface area contributed by atoms with Crippen molar-refractivity contribution in [2.24, 2.45) is 0 Å². The molecule has 0 bridgehead atoms. The second-order valence-corrected chi connectivity index (χ2v) is 12.0. The van der Waals surface area contributed by atoms with Gasteiger partial charge in [0.2, 0.25) is 0 Å². The Morgan fingerprint density at radius 1 is 1.26 bits per heavy atom. The Morgan fingerprint density at radius 2 is 1.97 bits per heavy atom. The van der Waals surface area contributed by atoms with Crippen molar-refractivity contribution in [1.82, 2.24) is 9.61 Å². The van der Waals surface area contributed by atoms with Crippen LogP contribution in [-0.2, 0) is 19.0 Å². The molecule has 0 amide bonds. The number of aromatic nitrogens is 2. The summed E-state index contributed by atoms with van der Waals surface area (Å²) in [5.41, 5.74) is 4.67. The highest BCUT2D eigenvalue weighted by Crippen LogP contribution is 2.41. The maximum Gasteiger partial charge on any atom is 0.339 e. The average Bonchev–Trinajstić information content (AvgIpc) is 3.29. The van der Waals surface area contributed by atoms with Crippen molar-refractivity contribution in [2.75, 3.05) is 31.7 Å². The fraction of sp³-hybridized carbons (Fsp3) is 0.467. The number of fused-ring (bicyclic) bond motifs is 1. The van der Waals surface area contributed by atoms with E-state index in [4.69, 9.17) is 19.3 Å². The Morgan fingerprint density at radius 3 is 2.58 bits per heavy atom. The second-order valence-electron chi connectivity index (χ2n) is 11.1. The molecule has 1 unspecified atom stereocenters. The maximum atomic E-state index is 13.2. The van der Waals surface area contributed by atoms with Gasteiger partial charge in [-0.1, -0.05) is 34.1 Å². The van der Waals surface area contributed by atoms with Crippen LogP contribution in [0.15, 0.2) is 53.7 Å². The molecule has 7 nitrogen and oxygen atoms in total. The molecule has 0 radical (unpaired) electrons. The third-order valence-corrected chi connectivity index (χ3v) is 7.42. The van der Waals surface area contributed by atoms with Crippen LogP contribution in [0, 0.1) is 6.92 Å². The number of halogens is 1. The van der Waals surface area contributed by atoms with E-state index in [1.54, 1.807) is 6.08 Å². The summed E-state index contributed by atoms with van der Waals surface area (Å²) in [6.45, 7) is 15.9. The number of rotatable bonds is 8. The van der Waals surface area contributed by atoms with Crippen LogP contribution in [0.3, 0.4) is 0 Å². The Labute approximate surface area is 233 Å². The largest absolute Gasteiger partial charge is 0.467 e. The van der Waals surface area contributed by atoms with Crippen molar-refractivity contribution < 1.29 is 19.0 Å². The fourth-order valence-corrected chi connectivity index (χ4v) is 5.39. The fourth-order valence-electron chi connectivity index (χ4n) is 4.99. The van der Waals surface area contributed by atoms with Gasteiger partial charge < -0.3 is 19.1 Å². The molecule has 1 aliphatic rings. The third kappa shape index (κ3) is 6.14. The van der Waals surface area contributed by atoms with Crippen molar-refractivity contribution in [3.63, 3.8) is 0 Å². The molecule has 1 fully saturated rings. The zero-order valence-corrected chi connectivity index (χ0v) is 24.8. The molecule has 8 heteroatoms. The standard InChI is InChI=1S/C30H38BrN3O4/c1-8-16-37-30(6)12-14-33(15-13-30)26-24-18-23(21-10-9-11-22(31)17-21)32-34(24)19-20(2)25(26)27(28(35)36-7)38-29(3,4)5/h8-11,17-19,27H,1,12-16H2,2-7H3. The minimum atomic E-state index is -0.880. The molecule has 0 saturated carbocycles. The zero-order valence-electron chi connectivity index (χ0n) is 23.2. The van der Waals surface area contributed by atoms with Crippen LogP contribution in [0.1, 0.15) is 57.8 Å². The van der Waals surface area contributed by atoms with Crippen LogP contribution < -0.4 is 4.90 Å². The van der Waals surface area contributed by atoms with E-state index in [1.807, 2.05) is 56.6 Å². The third-order valence-electron chi connectivity index (χ3n) is 6.93. The number of hydrogen-bond acceptors (Lipinski definition) is 6. The zero-order chi connectivity index (χ0) is 27.7. The molecule has 1 atom stereocenters. The molecule has 0 N–H and O–H groups in total. The van der Waals surface area contributed by atoms with Gasteiger partial charge in [-0.05, 0) is 71.2 Å². The van der Waals surface area contributed by atoms with Crippen LogP contribution >= 0.6 is 15.9 Å². The molecular weight excluding hydrogens is 546 g/mol. The van der Waals surface area contributed by atoms with Crippen molar-refractivity contribution in [3.8, 4) is 11.3 Å². The Balaban J connectivity index is 1.89. The van der Waals surface area contributed by atoms with Crippen LogP contribution in [0.25, 0.3) is 16.8 Å². The first-order valence-corrected chi connectivity index (χ1v) is 13.8. The smallest absolute Gasteiger partial charge is 0.339 e. The van der Waals surface area contributed by atoms with E-state index in [9.17, 15) is 4.79 Å². The first-order chi connectivity index (χ1) is 17.9. The number of carbonyl (C=O) groups excluding carboxylic acids is 1. The van der Waals surface area contributed by atoms with Gasteiger partial charge in [0.05, 0.1) is 41.8 Å². The highest BCUT2D eigenvalue weighted by atomic mass is 79.9. The van der Waals surface area contributed by atoms with Gasteiger partial charge in [0.15, 0.2) is 6.10 Å². The number of ether oxygens (including phenoxy) is 3. The quantitative estimate of drug-likeness (QED) is 0.218. The summed E-state index contributed by atoms with van der Waals surface area (Å²) in [4.78, 5) is 15.5. The lowest BCUT2D eigenvalue weighted by atomic mass is 9.91. The molecule has 2 aromatic heterocycles. The number of carbonyl (C=O) groups is 1. The van der Waals surface area contributed by atoms with Gasteiger partial charge >= 0.3 is 5.97 Å². The molecule has 0 aliphatic carbocycles. The Kier molecular flexibility index (Phi) is 8.35. The number of anilines is 1. The summed E-state index contributed by atoms with van der Waals surface area (Å²) >= 11 is 3.57. The van der Waals surface area contributed by atoms with Crippen molar-refractivity contribution in [1.29, 1.82) is 0 Å². The number of hydrogen-bond donors (Lipinski definition) is 0. The van der Waals surface area contributed by atoms with Gasteiger partial charge in [-0.2, -0.15) is 5.10 Å². The SMILES string of the molecule is C=CCOC1(C)CCN(c2c(C(OC(C)(C)C)C(=O)OC)c(C)cn3nc(-c4cccc(Br)c4)cc23)CC1. The molecule has 204 valence electrons. The van der Waals surface area contributed by atoms with Crippen molar-refractivity contribution >= 4 is 33.1 Å². The lowest BCUT2D eigenvalue weighted by molar-refractivity contribution is -0.164. The van der Waals surface area contributed by atoms with E-state index in [0.717, 1.165) is 64.0 Å². The van der Waals surface area contributed by atoms with E-state index < -0.39 is 17.7 Å². The van der Waals surface area contributed by atoms with Gasteiger partial charge in [0.25, 0.3) is 0 Å². The van der Waals surface area contributed by atoms with Crippen LogP contribution in [-0.4, -0.2) is 53.6 Å². The van der Waals surface area contributed by atoms with Gasteiger partial charge in [-0.15, -0.1) is 6.58 Å². The van der Waals surface area contributed by atoms with Crippen molar-refractivity contribution in [2.45, 2.75) is 64.8 Å². The molecular formula is C30H38BrN3O4. The highest BCUT2D eigenvalue weighted by molar-refractivity contribution is 9.10. The topological polar surface area (TPSA) is 65.3 Å². The molecule has 38 heavy (non-hydrogen) atoms. The minimum Gasteiger partial charge on any atom is -0.467 e. The summed E-state index contributed by atoms with van der Waals surface area (Å²) in [6.07, 6.45) is 4.57. The summed E-state index contributed by atoms with van der Waals surface area (Å²) in [5.74, 6) is -0.420. The molecule has 1 saturated heterocycles. The number of benzene rings is 1. The first kappa shape index (κ1) is 28.3. The summed E-state index contributed by atoms with van der Waals surface area (Å²) in [7, 11) is 1.41. The van der Waals surface area contributed by atoms with E-state index in [-0.39, 0.29) is 5.60 Å². The predicted octanol–water partition coefficient (Wildman–Crippen LogP) is 6.66. The number of methoxy groups -OCH3 is 1. The highest BCUT2D eigenvalue weighted by Gasteiger charge is 2.37. The lowest BCUT2D eigenvalue weighted by Gasteiger charge is -2.41. The second kappa shape index (κ2) is 11.2. The molecule has 1 aliphatic heterocycles. The molecule has 0 spiro atoms. The average molecular weight is 585 g/mol. The Bertz CT molecular complexity index is 1320.